The van der Waals surface area contributed by atoms with E-state index in [4.69, 9.17) is 0 Å². The molecule has 81 valence electrons. The van der Waals surface area contributed by atoms with E-state index in [9.17, 15) is 0 Å². The molecule has 14 heavy (non-hydrogen) atoms. The van der Waals surface area contributed by atoms with Gasteiger partial charge in [0.1, 0.15) is 0 Å². The van der Waals surface area contributed by atoms with Gasteiger partial charge < -0.3 is 4.90 Å². The van der Waals surface area contributed by atoms with Gasteiger partial charge in [-0.3, -0.25) is 0 Å². The maximum atomic E-state index is 4.38. The van der Waals surface area contributed by atoms with Crippen LogP contribution in [0.5, 0.6) is 0 Å². The van der Waals surface area contributed by atoms with Gasteiger partial charge in [0, 0.05) is 26.2 Å². The lowest BCUT2D eigenvalue weighted by Crippen LogP contribution is -2.41. The van der Waals surface area contributed by atoms with Gasteiger partial charge >= 0.3 is 0 Å². The second-order valence-electron chi connectivity index (χ2n) is 4.81. The van der Waals surface area contributed by atoms with Gasteiger partial charge in [-0.1, -0.05) is 32.1 Å². The second kappa shape index (κ2) is 5.72. The van der Waals surface area contributed by atoms with Crippen molar-refractivity contribution in [1.29, 1.82) is 0 Å². The minimum absolute atomic E-state index is 1.04. The van der Waals surface area contributed by atoms with Crippen LogP contribution >= 0.6 is 0 Å². The first kappa shape index (κ1) is 10.4. The van der Waals surface area contributed by atoms with Gasteiger partial charge in [0.25, 0.3) is 0 Å². The highest BCUT2D eigenvalue weighted by molar-refractivity contribution is 4.71. The van der Waals surface area contributed by atoms with E-state index in [0.717, 1.165) is 19.0 Å². The molecular formula is C12H23N2. The molecule has 0 aromatic carbocycles. The normalized spacial score (nSPS) is 26.6. The fourth-order valence-corrected chi connectivity index (χ4v) is 2.71. The SMILES string of the molecule is C1CCC(CCN2CC[N]CC2)CC1. The summed E-state index contributed by atoms with van der Waals surface area (Å²) in [7, 11) is 0. The molecule has 0 bridgehead atoms. The lowest BCUT2D eigenvalue weighted by atomic mass is 9.87. The number of nitrogens with zero attached hydrogens (tertiary/aromatic N) is 2. The number of hydrogen-bond acceptors (Lipinski definition) is 1. The van der Waals surface area contributed by atoms with Gasteiger partial charge in [-0.2, -0.15) is 0 Å². The Balaban J connectivity index is 1.60. The van der Waals surface area contributed by atoms with Crippen molar-refractivity contribution in [2.45, 2.75) is 38.5 Å². The summed E-state index contributed by atoms with van der Waals surface area (Å²) in [6.45, 7) is 5.91. The van der Waals surface area contributed by atoms with Gasteiger partial charge in [-0.05, 0) is 18.9 Å². The Morgan fingerprint density at radius 2 is 1.71 bits per heavy atom. The fourth-order valence-electron chi connectivity index (χ4n) is 2.71. The van der Waals surface area contributed by atoms with Gasteiger partial charge in [-0.15, -0.1) is 0 Å². The van der Waals surface area contributed by atoms with Crippen molar-refractivity contribution in [2.24, 2.45) is 5.92 Å². The Bertz CT molecular complexity index is 128. The minimum Gasteiger partial charge on any atom is -0.301 e. The van der Waals surface area contributed by atoms with Crippen LogP contribution in [-0.2, 0) is 0 Å². The standard InChI is InChI=1S/C12H23N2/c1-2-4-12(5-3-1)6-9-14-10-7-13-8-11-14/h12H,1-11H2. The molecule has 0 aromatic rings. The molecule has 2 fully saturated rings. The zero-order valence-electron chi connectivity index (χ0n) is 9.25. The van der Waals surface area contributed by atoms with Crippen LogP contribution in [0.15, 0.2) is 0 Å². The first-order valence-corrected chi connectivity index (χ1v) is 6.31. The van der Waals surface area contributed by atoms with E-state index in [0.29, 0.717) is 0 Å². The average molecular weight is 195 g/mol. The summed E-state index contributed by atoms with van der Waals surface area (Å²) in [5, 5.41) is 4.38. The summed E-state index contributed by atoms with van der Waals surface area (Å²) in [5.74, 6) is 1.04. The molecule has 0 aromatic heterocycles. The van der Waals surface area contributed by atoms with Crippen molar-refractivity contribution in [3.8, 4) is 0 Å². The molecule has 1 saturated heterocycles. The number of piperazine rings is 1. The minimum atomic E-state index is 1.04. The van der Waals surface area contributed by atoms with E-state index in [1.54, 1.807) is 0 Å². The van der Waals surface area contributed by atoms with Crippen LogP contribution in [0.2, 0.25) is 0 Å². The zero-order valence-corrected chi connectivity index (χ0v) is 9.25. The van der Waals surface area contributed by atoms with E-state index in [1.807, 2.05) is 0 Å². The van der Waals surface area contributed by atoms with Crippen LogP contribution in [0.25, 0.3) is 0 Å². The third kappa shape index (κ3) is 3.25. The number of rotatable bonds is 3. The maximum absolute atomic E-state index is 4.38. The molecule has 1 aliphatic carbocycles. The molecule has 2 aliphatic rings. The summed E-state index contributed by atoms with van der Waals surface area (Å²) in [5.41, 5.74) is 0. The van der Waals surface area contributed by atoms with Gasteiger partial charge in [0.2, 0.25) is 0 Å². The van der Waals surface area contributed by atoms with E-state index in [-0.39, 0.29) is 0 Å². The summed E-state index contributed by atoms with van der Waals surface area (Å²) in [6, 6.07) is 0. The Morgan fingerprint density at radius 3 is 2.43 bits per heavy atom. The van der Waals surface area contributed by atoms with Crippen molar-refractivity contribution < 1.29 is 0 Å². The molecule has 0 unspecified atom stereocenters. The third-order valence-electron chi connectivity index (χ3n) is 3.73. The first-order chi connectivity index (χ1) is 6.95. The molecule has 2 rings (SSSR count). The lowest BCUT2D eigenvalue weighted by molar-refractivity contribution is 0.208. The molecule has 1 aliphatic heterocycles. The van der Waals surface area contributed by atoms with Crippen LogP contribution in [0.4, 0.5) is 0 Å². The Hall–Kier alpha value is -0.0800. The fraction of sp³-hybridized carbons (Fsp3) is 1.00. The van der Waals surface area contributed by atoms with Crippen molar-refractivity contribution >= 4 is 0 Å². The Morgan fingerprint density at radius 1 is 1.00 bits per heavy atom. The van der Waals surface area contributed by atoms with Crippen molar-refractivity contribution in [3.63, 3.8) is 0 Å². The topological polar surface area (TPSA) is 17.3 Å². The molecule has 0 N–H and O–H groups in total. The second-order valence-corrected chi connectivity index (χ2v) is 4.81. The lowest BCUT2D eigenvalue weighted by Gasteiger charge is -2.29. The molecule has 2 heteroatoms. The molecule has 1 radical (unpaired) electrons. The summed E-state index contributed by atoms with van der Waals surface area (Å²) >= 11 is 0. The highest BCUT2D eigenvalue weighted by Gasteiger charge is 2.16. The van der Waals surface area contributed by atoms with Crippen LogP contribution < -0.4 is 5.32 Å². The van der Waals surface area contributed by atoms with Crippen LogP contribution in [0.1, 0.15) is 38.5 Å². The van der Waals surface area contributed by atoms with Crippen LogP contribution in [-0.4, -0.2) is 37.6 Å². The van der Waals surface area contributed by atoms with E-state index >= 15 is 0 Å². The highest BCUT2D eigenvalue weighted by Crippen LogP contribution is 2.26. The summed E-state index contributed by atoms with van der Waals surface area (Å²) in [6.07, 6.45) is 8.90. The molecule has 1 heterocycles. The van der Waals surface area contributed by atoms with E-state index < -0.39 is 0 Å². The van der Waals surface area contributed by atoms with Gasteiger partial charge in [0.15, 0.2) is 0 Å². The maximum Gasteiger partial charge on any atom is 0.0261 e. The largest absolute Gasteiger partial charge is 0.301 e. The average Bonchev–Trinajstić information content (AvgIpc) is 2.29. The Labute approximate surface area is 88.1 Å². The highest BCUT2D eigenvalue weighted by atomic mass is 15.2. The quantitative estimate of drug-likeness (QED) is 0.672. The van der Waals surface area contributed by atoms with E-state index in [1.165, 1.54) is 58.2 Å². The molecule has 1 saturated carbocycles. The predicted octanol–water partition coefficient (Wildman–Crippen LogP) is 1.88. The third-order valence-corrected chi connectivity index (χ3v) is 3.73. The summed E-state index contributed by atoms with van der Waals surface area (Å²) < 4.78 is 0. The number of hydrogen-bond donors (Lipinski definition) is 0. The molecular weight excluding hydrogens is 172 g/mol. The monoisotopic (exact) mass is 195 g/mol. The molecule has 0 amide bonds. The summed E-state index contributed by atoms with van der Waals surface area (Å²) in [4.78, 5) is 2.60. The van der Waals surface area contributed by atoms with Crippen molar-refractivity contribution in [1.82, 2.24) is 10.2 Å². The smallest absolute Gasteiger partial charge is 0.0261 e. The van der Waals surface area contributed by atoms with Gasteiger partial charge in [0.05, 0.1) is 0 Å². The van der Waals surface area contributed by atoms with E-state index in [2.05, 4.69) is 10.2 Å². The zero-order chi connectivity index (χ0) is 9.64. The van der Waals surface area contributed by atoms with Gasteiger partial charge in [-0.25, -0.2) is 5.32 Å². The van der Waals surface area contributed by atoms with Crippen LogP contribution in [0, 0.1) is 5.92 Å². The molecule has 0 spiro atoms. The predicted molar refractivity (Wildman–Crippen MR) is 59.5 cm³/mol. The molecule has 0 atom stereocenters. The van der Waals surface area contributed by atoms with Crippen LogP contribution in [0.3, 0.4) is 0 Å². The molecule has 2 nitrogen and oxygen atoms in total. The Kier molecular flexibility index (Phi) is 4.26. The first-order valence-electron chi connectivity index (χ1n) is 6.31. The van der Waals surface area contributed by atoms with Crippen molar-refractivity contribution in [3.05, 3.63) is 0 Å². The van der Waals surface area contributed by atoms with Crippen molar-refractivity contribution in [2.75, 3.05) is 32.7 Å².